The first kappa shape index (κ1) is 25.7. The fraction of sp³-hybridized carbons (Fsp3) is 0.0741. The summed E-state index contributed by atoms with van der Waals surface area (Å²) in [6.45, 7) is 1.67. The van der Waals surface area contributed by atoms with Crippen LogP contribution in [0.2, 0.25) is 5.02 Å². The van der Waals surface area contributed by atoms with E-state index in [2.05, 4.69) is 37.1 Å². The summed E-state index contributed by atoms with van der Waals surface area (Å²) in [5.41, 5.74) is 6.13. The summed E-state index contributed by atoms with van der Waals surface area (Å²) in [7, 11) is 0. The number of nitrogens with two attached hydrogens (primary N) is 1. The molecule has 5 rings (SSSR count). The molecule has 1 unspecified atom stereocenters. The standard InChI is InChI=1S/C27H17ClF3N7O/c1-14(36-25-20(24(32)34-13-35-25)8-7-18-6-5-15(29)12-33-18)26-37-22-4-2-3-21(28)23(22)27(39)38(26)19-10-16(30)9-17(31)11-19/h2-6,9-14H,1H3,(H3,32,34,35,36). The molecule has 2 aromatic carbocycles. The Morgan fingerprint density at radius 3 is 2.49 bits per heavy atom. The topological polar surface area (TPSA) is 112 Å². The van der Waals surface area contributed by atoms with Gasteiger partial charge in [-0.05, 0) is 49.2 Å². The summed E-state index contributed by atoms with van der Waals surface area (Å²) in [6.07, 6.45) is 2.25. The highest BCUT2D eigenvalue weighted by Gasteiger charge is 2.22. The molecule has 1 atom stereocenters. The summed E-state index contributed by atoms with van der Waals surface area (Å²) in [5.74, 6) is 3.70. The van der Waals surface area contributed by atoms with Crippen LogP contribution in [0, 0.1) is 29.3 Å². The smallest absolute Gasteiger partial charge is 0.267 e. The second-order valence-corrected chi connectivity index (χ2v) is 8.74. The summed E-state index contributed by atoms with van der Waals surface area (Å²) in [6, 6.07) is 9.33. The van der Waals surface area contributed by atoms with E-state index in [0.29, 0.717) is 6.07 Å². The van der Waals surface area contributed by atoms with Crippen LogP contribution in [0.3, 0.4) is 0 Å². The fourth-order valence-corrected chi connectivity index (χ4v) is 4.14. The molecule has 0 amide bonds. The predicted octanol–water partition coefficient (Wildman–Crippen LogP) is 4.80. The number of hydrogen-bond acceptors (Lipinski definition) is 7. The highest BCUT2D eigenvalue weighted by molar-refractivity contribution is 6.35. The zero-order chi connectivity index (χ0) is 27.7. The Morgan fingerprint density at radius 2 is 1.77 bits per heavy atom. The largest absolute Gasteiger partial charge is 0.382 e. The Bertz CT molecular complexity index is 1830. The van der Waals surface area contributed by atoms with Gasteiger partial charge in [-0.15, -0.1) is 0 Å². The molecule has 0 bridgehead atoms. The second-order valence-electron chi connectivity index (χ2n) is 8.33. The third-order valence-electron chi connectivity index (χ3n) is 5.64. The number of nitrogen functional groups attached to an aromatic ring is 1. The highest BCUT2D eigenvalue weighted by Crippen LogP contribution is 2.26. The molecule has 0 fully saturated rings. The number of rotatable bonds is 4. The lowest BCUT2D eigenvalue weighted by Crippen LogP contribution is -2.28. The van der Waals surface area contributed by atoms with Crippen LogP contribution in [0.15, 0.2) is 65.8 Å². The lowest BCUT2D eigenvalue weighted by atomic mass is 10.2. The molecule has 0 saturated carbocycles. The van der Waals surface area contributed by atoms with Gasteiger partial charge in [0, 0.05) is 6.07 Å². The van der Waals surface area contributed by atoms with E-state index < -0.39 is 29.1 Å². The van der Waals surface area contributed by atoms with E-state index in [4.69, 9.17) is 17.3 Å². The first-order valence-corrected chi connectivity index (χ1v) is 11.8. The number of benzene rings is 2. The maximum absolute atomic E-state index is 14.2. The van der Waals surface area contributed by atoms with Crippen LogP contribution in [0.5, 0.6) is 0 Å². The van der Waals surface area contributed by atoms with E-state index in [9.17, 15) is 18.0 Å². The number of fused-ring (bicyclic) bond motifs is 1. The van der Waals surface area contributed by atoms with Gasteiger partial charge in [-0.1, -0.05) is 23.6 Å². The number of halogens is 4. The average Bonchev–Trinajstić information content (AvgIpc) is 2.88. The van der Waals surface area contributed by atoms with Crippen LogP contribution in [0.1, 0.15) is 30.0 Å². The van der Waals surface area contributed by atoms with E-state index >= 15 is 0 Å². The molecule has 3 N–H and O–H groups in total. The number of hydrogen-bond donors (Lipinski definition) is 2. The molecule has 5 aromatic rings. The van der Waals surface area contributed by atoms with Crippen molar-refractivity contribution in [3.63, 3.8) is 0 Å². The minimum Gasteiger partial charge on any atom is -0.382 e. The van der Waals surface area contributed by atoms with Crippen LogP contribution >= 0.6 is 11.6 Å². The van der Waals surface area contributed by atoms with Crippen molar-refractivity contribution in [2.75, 3.05) is 11.1 Å². The molecule has 12 heteroatoms. The summed E-state index contributed by atoms with van der Waals surface area (Å²) < 4.78 is 42.6. The van der Waals surface area contributed by atoms with Crippen LogP contribution in [-0.4, -0.2) is 24.5 Å². The Morgan fingerprint density at radius 1 is 1.00 bits per heavy atom. The Kier molecular flexibility index (Phi) is 6.87. The van der Waals surface area contributed by atoms with Crippen molar-refractivity contribution in [1.29, 1.82) is 0 Å². The third-order valence-corrected chi connectivity index (χ3v) is 5.95. The minimum absolute atomic E-state index is 0.0529. The second kappa shape index (κ2) is 10.4. The van der Waals surface area contributed by atoms with Crippen LogP contribution in [0.25, 0.3) is 16.6 Å². The molecule has 3 heterocycles. The van der Waals surface area contributed by atoms with E-state index in [1.54, 1.807) is 19.1 Å². The summed E-state index contributed by atoms with van der Waals surface area (Å²) >= 11 is 6.29. The Hall–Kier alpha value is -4.95. The number of nitrogens with zero attached hydrogens (tertiary/aromatic N) is 5. The van der Waals surface area contributed by atoms with Crippen LogP contribution in [0.4, 0.5) is 24.8 Å². The van der Waals surface area contributed by atoms with Gasteiger partial charge < -0.3 is 11.1 Å². The van der Waals surface area contributed by atoms with Gasteiger partial charge in [0.2, 0.25) is 0 Å². The Labute approximate surface area is 224 Å². The molecule has 3 aromatic heterocycles. The van der Waals surface area contributed by atoms with Crippen molar-refractivity contribution in [2.45, 2.75) is 13.0 Å². The van der Waals surface area contributed by atoms with Crippen molar-refractivity contribution >= 4 is 34.1 Å². The predicted molar refractivity (Wildman–Crippen MR) is 141 cm³/mol. The Balaban J connectivity index is 1.64. The molecular formula is C27H17ClF3N7O. The monoisotopic (exact) mass is 547 g/mol. The summed E-state index contributed by atoms with van der Waals surface area (Å²) in [4.78, 5) is 30.3. The lowest BCUT2D eigenvalue weighted by molar-refractivity contribution is 0.579. The molecule has 0 saturated heterocycles. The highest BCUT2D eigenvalue weighted by atomic mass is 35.5. The van der Waals surface area contributed by atoms with Crippen molar-refractivity contribution in [3.05, 3.63) is 111 Å². The zero-order valence-corrected chi connectivity index (χ0v) is 20.8. The van der Waals surface area contributed by atoms with Crippen LogP contribution < -0.4 is 16.6 Å². The summed E-state index contributed by atoms with van der Waals surface area (Å²) in [5, 5.41) is 3.33. The number of anilines is 2. The molecule has 0 aliphatic heterocycles. The normalized spacial score (nSPS) is 11.6. The van der Waals surface area contributed by atoms with E-state index in [1.165, 1.54) is 24.5 Å². The molecule has 194 valence electrons. The maximum atomic E-state index is 14.2. The number of pyridine rings is 1. The lowest BCUT2D eigenvalue weighted by Gasteiger charge is -2.21. The molecular weight excluding hydrogens is 531 g/mol. The van der Waals surface area contributed by atoms with E-state index in [1.807, 2.05) is 0 Å². The van der Waals surface area contributed by atoms with Gasteiger partial charge in [-0.2, -0.15) is 0 Å². The molecule has 0 radical (unpaired) electrons. The first-order chi connectivity index (χ1) is 18.7. The third kappa shape index (κ3) is 5.23. The zero-order valence-electron chi connectivity index (χ0n) is 20.1. The van der Waals surface area contributed by atoms with Gasteiger partial charge in [0.25, 0.3) is 5.56 Å². The van der Waals surface area contributed by atoms with Gasteiger partial charge in [-0.25, -0.2) is 33.1 Å². The molecule has 0 spiro atoms. The van der Waals surface area contributed by atoms with Crippen molar-refractivity contribution in [1.82, 2.24) is 24.5 Å². The van der Waals surface area contributed by atoms with Crippen molar-refractivity contribution in [3.8, 4) is 17.5 Å². The van der Waals surface area contributed by atoms with Gasteiger partial charge in [-0.3, -0.25) is 9.36 Å². The minimum atomic E-state index is -0.877. The van der Waals surface area contributed by atoms with Gasteiger partial charge >= 0.3 is 0 Å². The van der Waals surface area contributed by atoms with Gasteiger partial charge in [0.05, 0.1) is 33.9 Å². The van der Waals surface area contributed by atoms with Gasteiger partial charge in [0.15, 0.2) is 0 Å². The van der Waals surface area contributed by atoms with E-state index in [-0.39, 0.29) is 50.3 Å². The van der Waals surface area contributed by atoms with Crippen molar-refractivity contribution in [2.24, 2.45) is 0 Å². The SMILES string of the molecule is CC(Nc1ncnc(N)c1C#Cc1ccc(F)cn1)c1nc2cccc(Cl)c2c(=O)n1-c1cc(F)cc(F)c1. The fourth-order valence-electron chi connectivity index (χ4n) is 3.89. The molecule has 0 aliphatic carbocycles. The molecule has 39 heavy (non-hydrogen) atoms. The van der Waals surface area contributed by atoms with Gasteiger partial charge in [0.1, 0.15) is 52.5 Å². The van der Waals surface area contributed by atoms with Crippen molar-refractivity contribution < 1.29 is 13.2 Å². The first-order valence-electron chi connectivity index (χ1n) is 11.4. The number of nitrogens with one attached hydrogen (secondary N) is 1. The quantitative estimate of drug-likeness (QED) is 0.311. The maximum Gasteiger partial charge on any atom is 0.267 e. The van der Waals surface area contributed by atoms with E-state index in [0.717, 1.165) is 22.9 Å². The molecule has 0 aliphatic rings. The number of aromatic nitrogens is 5. The average molecular weight is 548 g/mol. The van der Waals surface area contributed by atoms with Crippen LogP contribution in [-0.2, 0) is 0 Å². The molecule has 8 nitrogen and oxygen atoms in total.